The molecule has 0 bridgehead atoms. The molecule has 6 heteroatoms. The molecule has 1 aliphatic rings. The summed E-state index contributed by atoms with van der Waals surface area (Å²) in [6.45, 7) is 2.95. The molecular weight excluding hydrogens is 340 g/mol. The van der Waals surface area contributed by atoms with Crippen molar-refractivity contribution in [3.63, 3.8) is 0 Å². The normalized spacial score (nSPS) is 15.7. The summed E-state index contributed by atoms with van der Waals surface area (Å²) in [6, 6.07) is 13.1. The Kier molecular flexibility index (Phi) is 5.07. The van der Waals surface area contributed by atoms with Crippen LogP contribution in [0.1, 0.15) is 46.6 Å². The van der Waals surface area contributed by atoms with Gasteiger partial charge >= 0.3 is 0 Å². The van der Waals surface area contributed by atoms with Gasteiger partial charge in [-0.3, -0.25) is 9.69 Å². The minimum Gasteiger partial charge on any atom is -0.455 e. The number of aryl methyl sites for hydroxylation is 1. The van der Waals surface area contributed by atoms with Crippen molar-refractivity contribution >= 4 is 5.91 Å². The van der Waals surface area contributed by atoms with Crippen molar-refractivity contribution in [2.75, 3.05) is 13.1 Å². The van der Waals surface area contributed by atoms with Crippen LogP contribution in [0.15, 0.2) is 59.3 Å². The standard InChI is InChI=1S/C21H24N4O2/c1-24-14-11-22-20(24)19(16-7-3-2-4-8-16)23-21(26)18-10-9-17(27-18)15-25-12-5-6-13-25/h2-4,7-11,14,19H,5-6,12-13,15H2,1H3,(H,23,26). The number of imidazole rings is 1. The predicted octanol–water partition coefficient (Wildman–Crippen LogP) is 3.13. The molecule has 4 rings (SSSR count). The molecule has 1 aliphatic heterocycles. The van der Waals surface area contributed by atoms with E-state index in [4.69, 9.17) is 4.42 Å². The molecule has 1 atom stereocenters. The molecule has 0 aliphatic carbocycles. The number of hydrogen-bond acceptors (Lipinski definition) is 4. The van der Waals surface area contributed by atoms with Crippen LogP contribution in [0, 0.1) is 0 Å². The predicted molar refractivity (Wildman–Crippen MR) is 102 cm³/mol. The highest BCUT2D eigenvalue weighted by atomic mass is 16.4. The topological polar surface area (TPSA) is 63.3 Å². The zero-order chi connectivity index (χ0) is 18.6. The van der Waals surface area contributed by atoms with Crippen molar-refractivity contribution in [3.05, 3.63) is 77.8 Å². The molecule has 0 radical (unpaired) electrons. The minimum atomic E-state index is -0.342. The average molecular weight is 364 g/mol. The number of amides is 1. The van der Waals surface area contributed by atoms with E-state index < -0.39 is 0 Å². The maximum absolute atomic E-state index is 12.8. The van der Waals surface area contributed by atoms with Crippen LogP contribution in [0.5, 0.6) is 0 Å². The highest BCUT2D eigenvalue weighted by Gasteiger charge is 2.23. The van der Waals surface area contributed by atoms with Crippen molar-refractivity contribution in [2.45, 2.75) is 25.4 Å². The summed E-state index contributed by atoms with van der Waals surface area (Å²) in [7, 11) is 1.92. The highest BCUT2D eigenvalue weighted by Crippen LogP contribution is 2.22. The first-order chi connectivity index (χ1) is 13.2. The Bertz CT molecular complexity index is 894. The van der Waals surface area contributed by atoms with Crippen molar-refractivity contribution < 1.29 is 9.21 Å². The summed E-state index contributed by atoms with van der Waals surface area (Å²) in [5, 5.41) is 3.07. The van der Waals surface area contributed by atoms with E-state index in [0.717, 1.165) is 36.8 Å². The number of carbonyl (C=O) groups is 1. The fraction of sp³-hybridized carbons (Fsp3) is 0.333. The number of rotatable bonds is 6. The van der Waals surface area contributed by atoms with Gasteiger partial charge in [0.25, 0.3) is 5.91 Å². The molecule has 0 saturated carbocycles. The Morgan fingerprint density at radius 2 is 1.96 bits per heavy atom. The minimum absolute atomic E-state index is 0.237. The lowest BCUT2D eigenvalue weighted by molar-refractivity contribution is 0.0909. The fourth-order valence-corrected chi connectivity index (χ4v) is 3.55. The monoisotopic (exact) mass is 364 g/mol. The summed E-state index contributed by atoms with van der Waals surface area (Å²) in [5.74, 6) is 1.70. The zero-order valence-electron chi connectivity index (χ0n) is 15.5. The van der Waals surface area contributed by atoms with Crippen LogP contribution < -0.4 is 5.32 Å². The molecule has 27 heavy (non-hydrogen) atoms. The van der Waals surface area contributed by atoms with Gasteiger partial charge in [-0.25, -0.2) is 4.98 Å². The molecule has 0 spiro atoms. The molecule has 2 aromatic heterocycles. The van der Waals surface area contributed by atoms with Crippen LogP contribution in [-0.4, -0.2) is 33.4 Å². The van der Waals surface area contributed by atoms with Gasteiger partial charge in [0.1, 0.15) is 17.6 Å². The summed E-state index contributed by atoms with van der Waals surface area (Å²) >= 11 is 0. The van der Waals surface area contributed by atoms with E-state index in [0.29, 0.717) is 5.76 Å². The molecule has 1 saturated heterocycles. The van der Waals surface area contributed by atoms with Crippen LogP contribution in [0.2, 0.25) is 0 Å². The van der Waals surface area contributed by atoms with Crippen LogP contribution in [0.25, 0.3) is 0 Å². The molecule has 3 aromatic rings. The second-order valence-corrected chi connectivity index (χ2v) is 6.96. The van der Waals surface area contributed by atoms with E-state index in [-0.39, 0.29) is 11.9 Å². The number of hydrogen-bond donors (Lipinski definition) is 1. The van der Waals surface area contributed by atoms with Crippen LogP contribution in [0.3, 0.4) is 0 Å². The fourth-order valence-electron chi connectivity index (χ4n) is 3.55. The van der Waals surface area contributed by atoms with Gasteiger partial charge < -0.3 is 14.3 Å². The Hall–Kier alpha value is -2.86. The number of likely N-dealkylation sites (tertiary alicyclic amines) is 1. The number of aromatic nitrogens is 2. The second kappa shape index (κ2) is 7.80. The van der Waals surface area contributed by atoms with Gasteiger partial charge in [0.2, 0.25) is 0 Å². The number of nitrogens with zero attached hydrogens (tertiary/aromatic N) is 3. The summed E-state index contributed by atoms with van der Waals surface area (Å²) in [6.07, 6.45) is 6.07. The van der Waals surface area contributed by atoms with E-state index in [1.54, 1.807) is 12.3 Å². The molecule has 140 valence electrons. The molecular formula is C21H24N4O2. The van der Waals surface area contributed by atoms with Crippen molar-refractivity contribution in [2.24, 2.45) is 7.05 Å². The lowest BCUT2D eigenvalue weighted by atomic mass is 10.1. The average Bonchev–Trinajstić information content (AvgIpc) is 3.43. The largest absolute Gasteiger partial charge is 0.455 e. The van der Waals surface area contributed by atoms with E-state index >= 15 is 0 Å². The van der Waals surface area contributed by atoms with Crippen LogP contribution >= 0.6 is 0 Å². The van der Waals surface area contributed by atoms with Gasteiger partial charge in [-0.15, -0.1) is 0 Å². The first-order valence-corrected chi connectivity index (χ1v) is 9.35. The lowest BCUT2D eigenvalue weighted by Crippen LogP contribution is -2.30. The Labute approximate surface area is 158 Å². The Morgan fingerprint density at radius 3 is 2.67 bits per heavy atom. The lowest BCUT2D eigenvalue weighted by Gasteiger charge is -2.18. The highest BCUT2D eigenvalue weighted by molar-refractivity contribution is 5.92. The van der Waals surface area contributed by atoms with Gasteiger partial charge in [-0.2, -0.15) is 0 Å². The maximum atomic E-state index is 12.8. The molecule has 1 unspecified atom stereocenters. The van der Waals surface area contributed by atoms with Gasteiger partial charge in [-0.1, -0.05) is 30.3 Å². The third-order valence-corrected chi connectivity index (χ3v) is 4.99. The second-order valence-electron chi connectivity index (χ2n) is 6.96. The van der Waals surface area contributed by atoms with Crippen LogP contribution in [-0.2, 0) is 13.6 Å². The third kappa shape index (κ3) is 3.95. The van der Waals surface area contributed by atoms with E-state index in [2.05, 4.69) is 15.2 Å². The van der Waals surface area contributed by atoms with Crippen LogP contribution in [0.4, 0.5) is 0 Å². The summed E-state index contributed by atoms with van der Waals surface area (Å²) in [5.41, 5.74) is 0.976. The molecule has 1 amide bonds. The molecule has 6 nitrogen and oxygen atoms in total. The molecule has 1 aromatic carbocycles. The third-order valence-electron chi connectivity index (χ3n) is 4.99. The molecule has 1 fully saturated rings. The Morgan fingerprint density at radius 1 is 1.19 bits per heavy atom. The quantitative estimate of drug-likeness (QED) is 0.730. The number of nitrogens with one attached hydrogen (secondary N) is 1. The number of furan rings is 1. The van der Waals surface area contributed by atoms with Crippen molar-refractivity contribution in [1.29, 1.82) is 0 Å². The van der Waals surface area contributed by atoms with Crippen molar-refractivity contribution in [3.8, 4) is 0 Å². The van der Waals surface area contributed by atoms with E-state index in [1.807, 2.05) is 54.2 Å². The summed E-state index contributed by atoms with van der Waals surface area (Å²) in [4.78, 5) is 19.6. The number of carbonyl (C=O) groups excluding carboxylic acids is 1. The SMILES string of the molecule is Cn1ccnc1C(NC(=O)c1ccc(CN2CCCC2)o1)c1ccccc1. The van der Waals surface area contributed by atoms with Gasteiger partial charge in [0.05, 0.1) is 6.54 Å². The van der Waals surface area contributed by atoms with Gasteiger partial charge in [-0.05, 0) is 43.6 Å². The zero-order valence-corrected chi connectivity index (χ0v) is 15.5. The first-order valence-electron chi connectivity index (χ1n) is 9.35. The maximum Gasteiger partial charge on any atom is 0.287 e. The summed E-state index contributed by atoms with van der Waals surface area (Å²) < 4.78 is 7.73. The van der Waals surface area contributed by atoms with E-state index in [1.165, 1.54) is 12.8 Å². The van der Waals surface area contributed by atoms with Gasteiger partial charge in [0.15, 0.2) is 5.76 Å². The number of benzene rings is 1. The molecule has 1 N–H and O–H groups in total. The Balaban J connectivity index is 1.52. The molecule has 3 heterocycles. The smallest absolute Gasteiger partial charge is 0.287 e. The first kappa shape index (κ1) is 17.5. The van der Waals surface area contributed by atoms with Crippen molar-refractivity contribution in [1.82, 2.24) is 19.8 Å². The van der Waals surface area contributed by atoms with E-state index in [9.17, 15) is 4.79 Å². The van der Waals surface area contributed by atoms with Gasteiger partial charge in [0, 0.05) is 19.4 Å².